The van der Waals surface area contributed by atoms with Gasteiger partial charge in [-0.05, 0) is 39.3 Å². The zero-order chi connectivity index (χ0) is 15.7. The molecule has 0 bridgehead atoms. The zero-order valence-corrected chi connectivity index (χ0v) is 13.5. The van der Waals surface area contributed by atoms with Gasteiger partial charge in [0.15, 0.2) is 11.5 Å². The van der Waals surface area contributed by atoms with E-state index in [0.29, 0.717) is 19.6 Å². The van der Waals surface area contributed by atoms with Gasteiger partial charge in [-0.1, -0.05) is 19.1 Å². The first-order chi connectivity index (χ1) is 10.0. The fraction of sp³-hybridized carbons (Fsp3) is 0.588. The Labute approximate surface area is 128 Å². The van der Waals surface area contributed by atoms with Crippen LogP contribution >= 0.6 is 0 Å². The second kappa shape index (κ2) is 8.53. The molecular formula is C17H26N2O2. The molecule has 0 aliphatic rings. The van der Waals surface area contributed by atoms with Gasteiger partial charge in [-0.15, -0.1) is 0 Å². The largest absolute Gasteiger partial charge is 0.490 e. The number of hydrogen-bond acceptors (Lipinski definition) is 4. The van der Waals surface area contributed by atoms with Gasteiger partial charge in [-0.25, -0.2) is 0 Å². The highest BCUT2D eigenvalue weighted by Crippen LogP contribution is 2.27. The molecule has 4 nitrogen and oxygen atoms in total. The van der Waals surface area contributed by atoms with Gasteiger partial charge in [0.1, 0.15) is 5.54 Å². The van der Waals surface area contributed by atoms with Gasteiger partial charge in [0.25, 0.3) is 0 Å². The summed E-state index contributed by atoms with van der Waals surface area (Å²) in [4.78, 5) is 0. The fourth-order valence-electron chi connectivity index (χ4n) is 2.06. The average Bonchev–Trinajstić information content (AvgIpc) is 2.45. The lowest BCUT2D eigenvalue weighted by molar-refractivity contribution is 0.240. The Morgan fingerprint density at radius 3 is 2.24 bits per heavy atom. The lowest BCUT2D eigenvalue weighted by Gasteiger charge is -2.26. The lowest BCUT2D eigenvalue weighted by atomic mass is 9.99. The first kappa shape index (κ1) is 17.3. The van der Waals surface area contributed by atoms with Gasteiger partial charge in [-0.2, -0.15) is 5.26 Å². The van der Waals surface area contributed by atoms with Crippen molar-refractivity contribution in [3.8, 4) is 17.6 Å². The molecule has 0 aliphatic heterocycles. The van der Waals surface area contributed by atoms with Crippen LogP contribution in [0.3, 0.4) is 0 Å². The highest BCUT2D eigenvalue weighted by Gasteiger charge is 2.24. The zero-order valence-electron chi connectivity index (χ0n) is 13.5. The summed E-state index contributed by atoms with van der Waals surface area (Å²) < 4.78 is 11.5. The Bertz CT molecular complexity index is 468. The second-order valence-electron chi connectivity index (χ2n) is 5.64. The number of nitrogens with zero attached hydrogens (tertiary/aromatic N) is 1. The SMILES string of the molecule is CCCOc1ccccc1OCCC(C)(C#N)NC(C)C. The van der Waals surface area contributed by atoms with Crippen molar-refractivity contribution in [3.63, 3.8) is 0 Å². The van der Waals surface area contributed by atoms with E-state index in [9.17, 15) is 5.26 Å². The molecule has 1 aromatic rings. The van der Waals surface area contributed by atoms with Gasteiger partial charge in [0.05, 0.1) is 19.3 Å². The van der Waals surface area contributed by atoms with Gasteiger partial charge in [-0.3, -0.25) is 5.32 Å². The summed E-state index contributed by atoms with van der Waals surface area (Å²) in [6, 6.07) is 10.2. The summed E-state index contributed by atoms with van der Waals surface area (Å²) in [6.07, 6.45) is 1.57. The molecule has 1 N–H and O–H groups in total. The number of rotatable bonds is 9. The monoisotopic (exact) mass is 290 g/mol. The molecule has 0 heterocycles. The van der Waals surface area contributed by atoms with Gasteiger partial charge in [0, 0.05) is 12.5 Å². The Morgan fingerprint density at radius 2 is 1.76 bits per heavy atom. The molecular weight excluding hydrogens is 264 g/mol. The van der Waals surface area contributed by atoms with E-state index in [1.165, 1.54) is 0 Å². The standard InChI is InChI=1S/C17H26N2O2/c1-5-11-20-15-8-6-7-9-16(15)21-12-10-17(4,13-18)19-14(2)3/h6-9,14,19H,5,10-12H2,1-4H3. The van der Waals surface area contributed by atoms with E-state index >= 15 is 0 Å². The molecule has 0 aromatic heterocycles. The number of nitriles is 1. The molecule has 0 saturated carbocycles. The summed E-state index contributed by atoms with van der Waals surface area (Å²) in [5.74, 6) is 1.49. The van der Waals surface area contributed by atoms with Gasteiger partial charge >= 0.3 is 0 Å². The van der Waals surface area contributed by atoms with E-state index in [1.54, 1.807) is 0 Å². The van der Waals surface area contributed by atoms with Gasteiger partial charge < -0.3 is 9.47 Å². The van der Waals surface area contributed by atoms with Crippen LogP contribution in [0.15, 0.2) is 24.3 Å². The van der Waals surface area contributed by atoms with Crippen molar-refractivity contribution in [2.45, 2.75) is 52.1 Å². The Hall–Kier alpha value is -1.73. The van der Waals surface area contributed by atoms with Crippen molar-refractivity contribution >= 4 is 0 Å². The van der Waals surface area contributed by atoms with Crippen LogP contribution in [0.25, 0.3) is 0 Å². The van der Waals surface area contributed by atoms with E-state index in [1.807, 2.05) is 45.0 Å². The Balaban J connectivity index is 2.57. The van der Waals surface area contributed by atoms with Crippen LogP contribution in [0.1, 0.15) is 40.5 Å². The number of nitrogens with one attached hydrogen (secondary N) is 1. The summed E-state index contributed by atoms with van der Waals surface area (Å²) in [6.45, 7) is 9.17. The van der Waals surface area contributed by atoms with Crippen LogP contribution in [-0.2, 0) is 0 Å². The predicted octanol–water partition coefficient (Wildman–Crippen LogP) is 3.52. The van der Waals surface area contributed by atoms with E-state index in [0.717, 1.165) is 17.9 Å². The molecule has 4 heteroatoms. The second-order valence-corrected chi connectivity index (χ2v) is 5.64. The molecule has 0 fully saturated rings. The summed E-state index contributed by atoms with van der Waals surface area (Å²) in [7, 11) is 0. The molecule has 116 valence electrons. The van der Waals surface area contributed by atoms with Crippen LogP contribution < -0.4 is 14.8 Å². The average molecular weight is 290 g/mol. The molecule has 21 heavy (non-hydrogen) atoms. The highest BCUT2D eigenvalue weighted by molar-refractivity contribution is 5.39. The summed E-state index contributed by atoms with van der Waals surface area (Å²) >= 11 is 0. The number of para-hydroxylation sites is 2. The van der Waals surface area contributed by atoms with Crippen molar-refractivity contribution in [1.29, 1.82) is 5.26 Å². The topological polar surface area (TPSA) is 54.3 Å². The van der Waals surface area contributed by atoms with E-state index in [2.05, 4.69) is 18.3 Å². The molecule has 0 amide bonds. The third kappa shape index (κ3) is 6.05. The van der Waals surface area contributed by atoms with Crippen molar-refractivity contribution in [2.24, 2.45) is 0 Å². The van der Waals surface area contributed by atoms with E-state index < -0.39 is 5.54 Å². The molecule has 0 radical (unpaired) electrons. The van der Waals surface area contributed by atoms with E-state index in [4.69, 9.17) is 9.47 Å². The maximum atomic E-state index is 9.31. The molecule has 0 saturated heterocycles. The minimum absolute atomic E-state index is 0.259. The van der Waals surface area contributed by atoms with Crippen LogP contribution in [-0.4, -0.2) is 24.8 Å². The maximum absolute atomic E-state index is 9.31. The summed E-state index contributed by atoms with van der Waals surface area (Å²) in [5.41, 5.74) is -0.576. The summed E-state index contributed by atoms with van der Waals surface area (Å²) in [5, 5.41) is 12.6. The number of hydrogen-bond donors (Lipinski definition) is 1. The Morgan fingerprint density at radius 1 is 1.19 bits per heavy atom. The van der Waals surface area contributed by atoms with Crippen LogP contribution in [0.5, 0.6) is 11.5 Å². The van der Waals surface area contributed by atoms with E-state index in [-0.39, 0.29) is 6.04 Å². The van der Waals surface area contributed by atoms with Crippen LogP contribution in [0.2, 0.25) is 0 Å². The normalized spacial score (nSPS) is 13.5. The first-order valence-corrected chi connectivity index (χ1v) is 7.54. The first-order valence-electron chi connectivity index (χ1n) is 7.54. The van der Waals surface area contributed by atoms with Crippen molar-refractivity contribution < 1.29 is 9.47 Å². The number of ether oxygens (including phenoxy) is 2. The quantitative estimate of drug-likeness (QED) is 0.756. The fourth-order valence-corrected chi connectivity index (χ4v) is 2.06. The molecule has 0 spiro atoms. The highest BCUT2D eigenvalue weighted by atomic mass is 16.5. The molecule has 1 atom stereocenters. The smallest absolute Gasteiger partial charge is 0.161 e. The van der Waals surface area contributed by atoms with Crippen LogP contribution in [0.4, 0.5) is 0 Å². The van der Waals surface area contributed by atoms with Crippen molar-refractivity contribution in [3.05, 3.63) is 24.3 Å². The maximum Gasteiger partial charge on any atom is 0.161 e. The minimum Gasteiger partial charge on any atom is -0.490 e. The number of benzene rings is 1. The molecule has 1 rings (SSSR count). The third-order valence-corrected chi connectivity index (χ3v) is 3.02. The van der Waals surface area contributed by atoms with Crippen molar-refractivity contribution in [2.75, 3.05) is 13.2 Å². The molecule has 1 unspecified atom stereocenters. The lowest BCUT2D eigenvalue weighted by Crippen LogP contribution is -2.45. The van der Waals surface area contributed by atoms with Crippen LogP contribution in [0, 0.1) is 11.3 Å². The molecule has 1 aromatic carbocycles. The van der Waals surface area contributed by atoms with Crippen molar-refractivity contribution in [1.82, 2.24) is 5.32 Å². The molecule has 0 aliphatic carbocycles. The van der Waals surface area contributed by atoms with Gasteiger partial charge in [0.2, 0.25) is 0 Å². The third-order valence-electron chi connectivity index (χ3n) is 3.02. The predicted molar refractivity (Wildman–Crippen MR) is 84.6 cm³/mol. The Kier molecular flexibility index (Phi) is 7.04. The minimum atomic E-state index is -0.576.